The number of benzene rings is 16. The van der Waals surface area contributed by atoms with Crippen molar-refractivity contribution in [2.45, 2.75) is 0 Å². The van der Waals surface area contributed by atoms with Crippen LogP contribution in [0.3, 0.4) is 0 Å². The predicted molar refractivity (Wildman–Crippen MR) is 434 cm³/mol. The van der Waals surface area contributed by atoms with Crippen LogP contribution in [0.2, 0.25) is 0 Å². The van der Waals surface area contributed by atoms with Gasteiger partial charge in [-0.15, -0.1) is 22.7 Å². The monoisotopic (exact) mass is 1330 g/mol. The first-order valence-corrected chi connectivity index (χ1v) is 36.4. The lowest BCUT2D eigenvalue weighted by Crippen LogP contribution is -1.94. The van der Waals surface area contributed by atoms with Crippen LogP contribution in [-0.4, -0.2) is 9.13 Å². The Morgan fingerprint density at radius 2 is 0.520 bits per heavy atom. The molecule has 0 N–H and O–H groups in total. The van der Waals surface area contributed by atoms with E-state index in [0.717, 1.165) is 99.6 Å². The summed E-state index contributed by atoms with van der Waals surface area (Å²) in [5.41, 5.74) is 26.5. The molecular weight excluding hydrogens is 1280 g/mol. The van der Waals surface area contributed by atoms with Crippen LogP contribution in [0.25, 0.3) is 217 Å². The highest BCUT2D eigenvalue weighted by atomic mass is 32.1. The second-order valence-corrected chi connectivity index (χ2v) is 29.1. The first-order valence-electron chi connectivity index (χ1n) is 34.7. The SMILES string of the molecule is c1ccc(-c2ccc3c(c2)c2cc(-c4ccccc4)ccc2n3-c2cccc3c2oc2cccc(-c4ccc5c(c4)sc4cc(-c6ccc(-c7ccc8c(c7)c7cc(-c9ccccc9)ccc7n8-c7cccc8c7oc7cccc(-c9ccc%10sc%11ccccc%11c%10c9)c78)cc6)ccc45)c23)cc1. The summed E-state index contributed by atoms with van der Waals surface area (Å²) in [6.45, 7) is 0. The lowest BCUT2D eigenvalue weighted by molar-refractivity contribution is 0.666. The van der Waals surface area contributed by atoms with Crippen molar-refractivity contribution in [1.82, 2.24) is 9.13 Å². The van der Waals surface area contributed by atoms with Gasteiger partial charge in [-0.25, -0.2) is 0 Å². The normalized spacial score (nSPS) is 12.1. The van der Waals surface area contributed by atoms with E-state index < -0.39 is 0 Å². The van der Waals surface area contributed by atoms with Crippen molar-refractivity contribution in [3.8, 4) is 89.3 Å². The van der Waals surface area contributed by atoms with Gasteiger partial charge in [-0.05, 0) is 181 Å². The molecule has 0 fully saturated rings. The van der Waals surface area contributed by atoms with Gasteiger partial charge >= 0.3 is 0 Å². The maximum absolute atomic E-state index is 7.07. The molecule has 0 spiro atoms. The Morgan fingerprint density at radius 1 is 0.196 bits per heavy atom. The minimum absolute atomic E-state index is 0.866. The third-order valence-corrected chi connectivity index (χ3v) is 23.6. The molecule has 0 saturated carbocycles. The fraction of sp³-hybridized carbons (Fsp3) is 0. The first kappa shape index (κ1) is 57.1. The van der Waals surface area contributed by atoms with Crippen molar-refractivity contribution < 1.29 is 8.83 Å². The van der Waals surface area contributed by atoms with Crippen LogP contribution in [0.4, 0.5) is 0 Å². The third-order valence-electron chi connectivity index (χ3n) is 21.4. The summed E-state index contributed by atoms with van der Waals surface area (Å²) in [4.78, 5) is 0. The van der Waals surface area contributed by atoms with Gasteiger partial charge in [-0.2, -0.15) is 0 Å². The molecule has 22 rings (SSSR count). The molecular formula is C96H56N2O2S2. The molecule has 0 radical (unpaired) electrons. The second kappa shape index (κ2) is 22.3. The number of nitrogens with zero attached hydrogens (tertiary/aromatic N) is 2. The quantitative estimate of drug-likeness (QED) is 0.144. The van der Waals surface area contributed by atoms with Gasteiger partial charge in [-0.3, -0.25) is 0 Å². The van der Waals surface area contributed by atoms with Crippen molar-refractivity contribution >= 4 is 151 Å². The molecule has 4 nitrogen and oxygen atoms in total. The molecule has 6 aromatic heterocycles. The molecule has 0 aliphatic heterocycles. The van der Waals surface area contributed by atoms with E-state index in [1.165, 1.54) is 118 Å². The van der Waals surface area contributed by atoms with Crippen LogP contribution >= 0.6 is 22.7 Å². The largest absolute Gasteiger partial charge is 0.454 e. The number of hydrogen-bond acceptors (Lipinski definition) is 4. The molecule has 0 amide bonds. The standard InChI is InChI=1S/C96H56N2O2S2/c1-4-16-57(17-5-1)62-38-45-81-76(50-62)77-51-63(58-18-6-2-7-19-58)39-46-82(77)97(81)86-28-13-26-75-94-70(24-15-30-88(94)100-96(75)86)68-37-44-73-72-43-36-66(55-91(72)102-92(73)56-68)61-34-32-60(33-35-61)65-41-48-84-79(53-65)78-52-64(59-20-8-3-9-21-59)40-47-83(78)98(84)85-27-12-25-74-93-69(23-14-29-87(93)99-95(74)85)67-42-49-90-80(54-67)71-22-10-11-31-89(71)101-90/h1-56H. The molecule has 0 aliphatic carbocycles. The Kier molecular flexibility index (Phi) is 12.5. The van der Waals surface area contributed by atoms with Crippen LogP contribution in [-0.2, 0) is 0 Å². The van der Waals surface area contributed by atoms with Gasteiger partial charge in [0.15, 0.2) is 11.2 Å². The summed E-state index contributed by atoms with van der Waals surface area (Å²) >= 11 is 3.71. The zero-order valence-electron chi connectivity index (χ0n) is 54.9. The average molecular weight is 1330 g/mol. The van der Waals surface area contributed by atoms with Gasteiger partial charge in [0, 0.05) is 83.4 Å². The van der Waals surface area contributed by atoms with Crippen LogP contribution < -0.4 is 0 Å². The smallest absolute Gasteiger partial charge is 0.159 e. The number of thiophene rings is 2. The van der Waals surface area contributed by atoms with E-state index in [1.807, 2.05) is 22.7 Å². The lowest BCUT2D eigenvalue weighted by atomic mass is 9.97. The first-order chi connectivity index (χ1) is 50.5. The molecule has 0 bridgehead atoms. The Balaban J connectivity index is 0.605. The van der Waals surface area contributed by atoms with E-state index in [0.29, 0.717) is 0 Å². The molecule has 474 valence electrons. The van der Waals surface area contributed by atoms with Crippen molar-refractivity contribution in [1.29, 1.82) is 0 Å². The molecule has 6 heteroatoms. The minimum atomic E-state index is 0.866. The summed E-state index contributed by atoms with van der Waals surface area (Å²) in [6, 6.07) is 125. The fourth-order valence-electron chi connectivity index (χ4n) is 16.5. The number of aromatic nitrogens is 2. The molecule has 0 aliphatic rings. The lowest BCUT2D eigenvalue weighted by Gasteiger charge is -2.10. The van der Waals surface area contributed by atoms with Crippen LogP contribution in [0, 0.1) is 0 Å². The van der Waals surface area contributed by atoms with Gasteiger partial charge in [0.05, 0.1) is 33.4 Å². The van der Waals surface area contributed by atoms with Gasteiger partial charge in [0.25, 0.3) is 0 Å². The number of furan rings is 2. The molecule has 6 heterocycles. The molecule has 22 aromatic rings. The van der Waals surface area contributed by atoms with Gasteiger partial charge in [0.1, 0.15) is 11.2 Å². The number of rotatable bonds is 9. The summed E-state index contributed by atoms with van der Waals surface area (Å²) in [5.74, 6) is 0. The van der Waals surface area contributed by atoms with E-state index in [9.17, 15) is 0 Å². The number of fused-ring (bicyclic) bond motifs is 18. The van der Waals surface area contributed by atoms with Gasteiger partial charge in [-0.1, -0.05) is 237 Å². The highest BCUT2D eigenvalue weighted by Gasteiger charge is 2.24. The molecule has 0 atom stereocenters. The average Bonchev–Trinajstić information content (AvgIpc) is 1.57. The number of para-hydroxylation sites is 2. The zero-order valence-corrected chi connectivity index (χ0v) is 56.5. The van der Waals surface area contributed by atoms with E-state index in [-0.39, 0.29) is 0 Å². The minimum Gasteiger partial charge on any atom is -0.454 e. The topological polar surface area (TPSA) is 36.1 Å². The summed E-state index contributed by atoms with van der Waals surface area (Å²) < 4.78 is 24.1. The second-order valence-electron chi connectivity index (χ2n) is 27.0. The third kappa shape index (κ3) is 8.80. The van der Waals surface area contributed by atoms with Gasteiger partial charge in [0.2, 0.25) is 0 Å². The molecule has 0 saturated heterocycles. The van der Waals surface area contributed by atoms with Crippen molar-refractivity contribution in [3.63, 3.8) is 0 Å². The van der Waals surface area contributed by atoms with E-state index in [1.54, 1.807) is 0 Å². The van der Waals surface area contributed by atoms with Crippen molar-refractivity contribution in [2.75, 3.05) is 0 Å². The van der Waals surface area contributed by atoms with Crippen LogP contribution in [0.5, 0.6) is 0 Å². The maximum Gasteiger partial charge on any atom is 0.159 e. The van der Waals surface area contributed by atoms with Gasteiger partial charge < -0.3 is 18.0 Å². The summed E-state index contributed by atoms with van der Waals surface area (Å²) in [7, 11) is 0. The van der Waals surface area contributed by atoms with E-state index >= 15 is 0 Å². The molecule has 102 heavy (non-hydrogen) atoms. The Labute approximate surface area is 593 Å². The molecule has 16 aromatic carbocycles. The van der Waals surface area contributed by atoms with E-state index in [2.05, 4.69) is 349 Å². The van der Waals surface area contributed by atoms with Crippen molar-refractivity contribution in [3.05, 3.63) is 340 Å². The summed E-state index contributed by atoms with van der Waals surface area (Å²) in [5, 5.41) is 14.3. The van der Waals surface area contributed by atoms with Crippen molar-refractivity contribution in [2.24, 2.45) is 0 Å². The Bertz CT molecular complexity index is 7130. The zero-order chi connectivity index (χ0) is 66.7. The molecule has 0 unspecified atom stereocenters. The van der Waals surface area contributed by atoms with E-state index in [4.69, 9.17) is 8.83 Å². The Hall–Kier alpha value is -12.8. The fourth-order valence-corrected chi connectivity index (χ4v) is 18.8. The predicted octanol–water partition coefficient (Wildman–Crippen LogP) is 28.1. The highest BCUT2D eigenvalue weighted by molar-refractivity contribution is 7.26. The van der Waals surface area contributed by atoms with Crippen LogP contribution in [0.15, 0.2) is 349 Å². The Morgan fingerprint density at radius 3 is 1.00 bits per heavy atom. The summed E-state index contributed by atoms with van der Waals surface area (Å²) in [6.07, 6.45) is 0. The van der Waals surface area contributed by atoms with Crippen LogP contribution in [0.1, 0.15) is 0 Å². The highest BCUT2D eigenvalue weighted by Crippen LogP contribution is 2.48. The maximum atomic E-state index is 7.07. The number of hydrogen-bond donors (Lipinski definition) is 0.